The average molecular weight is 257 g/mol. The Hall–Kier alpha value is -1.64. The topological polar surface area (TPSA) is 38.7 Å². The van der Waals surface area contributed by atoms with Gasteiger partial charge in [0, 0.05) is 5.56 Å². The number of rotatable bonds is 1. The number of carbonyl (C=O) groups excluding carboxylic acids is 1. The molecule has 1 aliphatic carbocycles. The third-order valence-corrected chi connectivity index (χ3v) is 4.11. The Bertz CT molecular complexity index is 562. The predicted molar refractivity (Wildman–Crippen MR) is 74.4 cm³/mol. The number of hydrogen-bond acceptors (Lipinski definition) is 3. The molecule has 3 nitrogen and oxygen atoms in total. The molecule has 100 valence electrons. The van der Waals surface area contributed by atoms with Crippen LogP contribution in [0.5, 0.6) is 0 Å². The van der Waals surface area contributed by atoms with E-state index in [0.717, 1.165) is 24.1 Å². The molecule has 0 bridgehead atoms. The Kier molecular flexibility index (Phi) is 2.73. The summed E-state index contributed by atoms with van der Waals surface area (Å²) in [4.78, 5) is 16.8. The van der Waals surface area contributed by atoms with Gasteiger partial charge in [0.2, 0.25) is 0 Å². The monoisotopic (exact) mass is 257 g/mol. The van der Waals surface area contributed by atoms with Crippen LogP contribution in [0, 0.1) is 5.92 Å². The molecule has 0 amide bonds. The molecule has 0 saturated heterocycles. The van der Waals surface area contributed by atoms with Crippen LogP contribution in [0.4, 0.5) is 0 Å². The number of benzene rings is 1. The van der Waals surface area contributed by atoms with Crippen LogP contribution < -0.4 is 0 Å². The lowest BCUT2D eigenvalue weighted by atomic mass is 9.78. The molecule has 1 aromatic carbocycles. The number of esters is 1. The lowest BCUT2D eigenvalue weighted by molar-refractivity contribution is -0.157. The van der Waals surface area contributed by atoms with Gasteiger partial charge in [-0.15, -0.1) is 0 Å². The van der Waals surface area contributed by atoms with Crippen molar-refractivity contribution in [1.82, 2.24) is 0 Å². The first-order valence-corrected chi connectivity index (χ1v) is 6.91. The smallest absolute Gasteiger partial charge is 0.332 e. The second-order valence-corrected chi connectivity index (χ2v) is 5.98. The summed E-state index contributed by atoms with van der Waals surface area (Å²) in [6, 6.07) is 7.93. The van der Waals surface area contributed by atoms with Gasteiger partial charge >= 0.3 is 5.97 Å². The van der Waals surface area contributed by atoms with Crippen LogP contribution in [0.1, 0.15) is 38.3 Å². The molecule has 0 radical (unpaired) electrons. The normalized spacial score (nSPS) is 29.4. The largest absolute Gasteiger partial charge is 0.451 e. The van der Waals surface area contributed by atoms with Gasteiger partial charge in [0.1, 0.15) is 6.04 Å². The maximum Gasteiger partial charge on any atom is 0.332 e. The fourth-order valence-electron chi connectivity index (χ4n) is 2.95. The zero-order chi connectivity index (χ0) is 13.6. The summed E-state index contributed by atoms with van der Waals surface area (Å²) in [5.41, 5.74) is 2.86. The van der Waals surface area contributed by atoms with Crippen molar-refractivity contribution in [3.8, 4) is 0 Å². The number of carbonyl (C=O) groups is 1. The summed E-state index contributed by atoms with van der Waals surface area (Å²) in [5.74, 6) is -0.0146. The maximum absolute atomic E-state index is 12.1. The average Bonchev–Trinajstić information content (AvgIpc) is 2.36. The van der Waals surface area contributed by atoms with E-state index < -0.39 is 5.60 Å². The first-order valence-electron chi connectivity index (χ1n) is 6.91. The molecule has 0 saturated carbocycles. The van der Waals surface area contributed by atoms with Crippen molar-refractivity contribution in [2.24, 2.45) is 10.9 Å². The Morgan fingerprint density at radius 1 is 1.37 bits per heavy atom. The minimum absolute atomic E-state index is 0.165. The zero-order valence-corrected chi connectivity index (χ0v) is 11.6. The van der Waals surface area contributed by atoms with Crippen LogP contribution in [-0.4, -0.2) is 23.3 Å². The number of aliphatic imine (C=N–C) groups is 1. The van der Waals surface area contributed by atoms with Crippen molar-refractivity contribution in [1.29, 1.82) is 0 Å². The van der Waals surface area contributed by atoms with Crippen LogP contribution >= 0.6 is 0 Å². The molecule has 3 heteroatoms. The van der Waals surface area contributed by atoms with E-state index in [1.54, 1.807) is 0 Å². The first kappa shape index (κ1) is 12.4. The minimum atomic E-state index is -0.545. The highest BCUT2D eigenvalue weighted by Gasteiger charge is 2.45. The Labute approximate surface area is 113 Å². The third kappa shape index (κ3) is 1.88. The number of hydrogen-bond donors (Lipinski definition) is 0. The van der Waals surface area contributed by atoms with E-state index in [4.69, 9.17) is 9.73 Å². The molecule has 2 aliphatic rings. The number of ether oxygens (including phenoxy) is 1. The van der Waals surface area contributed by atoms with Crippen LogP contribution in [0.3, 0.4) is 0 Å². The van der Waals surface area contributed by atoms with Gasteiger partial charge in [-0.05, 0) is 31.2 Å². The van der Waals surface area contributed by atoms with E-state index in [1.807, 2.05) is 26.8 Å². The molecule has 0 aromatic heterocycles. The van der Waals surface area contributed by atoms with Crippen molar-refractivity contribution in [2.45, 2.75) is 45.3 Å². The van der Waals surface area contributed by atoms with E-state index in [2.05, 4.69) is 18.2 Å². The summed E-state index contributed by atoms with van der Waals surface area (Å²) in [5, 5.41) is 0. The minimum Gasteiger partial charge on any atom is -0.451 e. The predicted octanol–water partition coefficient (Wildman–Crippen LogP) is 2.76. The Morgan fingerprint density at radius 2 is 2.11 bits per heavy atom. The molecule has 3 rings (SSSR count). The molecule has 0 fully saturated rings. The SMILES string of the molecule is CC(C)[C@H]1N=C2c3ccccc3CC[C@@]2(C)OC1=O. The molecule has 0 N–H and O–H groups in total. The molecule has 1 aromatic rings. The van der Waals surface area contributed by atoms with Gasteiger partial charge < -0.3 is 4.74 Å². The van der Waals surface area contributed by atoms with Crippen molar-refractivity contribution in [2.75, 3.05) is 0 Å². The van der Waals surface area contributed by atoms with E-state index in [9.17, 15) is 4.79 Å². The van der Waals surface area contributed by atoms with Crippen molar-refractivity contribution in [3.63, 3.8) is 0 Å². The molecular weight excluding hydrogens is 238 g/mol. The molecule has 0 spiro atoms. The zero-order valence-electron chi connectivity index (χ0n) is 11.6. The second-order valence-electron chi connectivity index (χ2n) is 5.98. The highest BCUT2D eigenvalue weighted by molar-refractivity contribution is 6.11. The highest BCUT2D eigenvalue weighted by atomic mass is 16.6. The fourth-order valence-corrected chi connectivity index (χ4v) is 2.95. The molecule has 1 aliphatic heterocycles. The van der Waals surface area contributed by atoms with Crippen LogP contribution in [0.15, 0.2) is 29.3 Å². The van der Waals surface area contributed by atoms with Gasteiger partial charge in [-0.25, -0.2) is 4.79 Å². The van der Waals surface area contributed by atoms with E-state index in [1.165, 1.54) is 5.56 Å². The number of aryl methyl sites for hydroxylation is 1. The van der Waals surface area contributed by atoms with Gasteiger partial charge in [-0.2, -0.15) is 0 Å². The summed E-state index contributed by atoms with van der Waals surface area (Å²) >= 11 is 0. The third-order valence-electron chi connectivity index (χ3n) is 4.11. The summed E-state index contributed by atoms with van der Waals surface area (Å²) in [6.07, 6.45) is 1.75. The van der Waals surface area contributed by atoms with Gasteiger partial charge in [0.15, 0.2) is 5.60 Å². The van der Waals surface area contributed by atoms with Crippen molar-refractivity contribution in [3.05, 3.63) is 35.4 Å². The number of fused-ring (bicyclic) bond motifs is 3. The van der Waals surface area contributed by atoms with E-state index >= 15 is 0 Å². The molecule has 1 heterocycles. The standard InChI is InChI=1S/C16H19NO2/c1-10(2)13-15(18)19-16(3)9-8-11-6-4-5-7-12(11)14(16)17-13/h4-7,10,13H,8-9H2,1-3H3/t13-,16-/m1/s1. The Morgan fingerprint density at radius 3 is 2.84 bits per heavy atom. The quantitative estimate of drug-likeness (QED) is 0.726. The van der Waals surface area contributed by atoms with Crippen LogP contribution in [-0.2, 0) is 16.0 Å². The van der Waals surface area contributed by atoms with Crippen molar-refractivity contribution < 1.29 is 9.53 Å². The number of nitrogens with zero attached hydrogens (tertiary/aromatic N) is 1. The fraction of sp³-hybridized carbons (Fsp3) is 0.500. The summed E-state index contributed by atoms with van der Waals surface area (Å²) in [7, 11) is 0. The van der Waals surface area contributed by atoms with Crippen LogP contribution in [0.2, 0.25) is 0 Å². The van der Waals surface area contributed by atoms with Crippen molar-refractivity contribution >= 4 is 11.7 Å². The highest BCUT2D eigenvalue weighted by Crippen LogP contribution is 2.36. The first-order chi connectivity index (χ1) is 9.01. The molecule has 0 unspecified atom stereocenters. The van der Waals surface area contributed by atoms with Crippen LogP contribution in [0.25, 0.3) is 0 Å². The Balaban J connectivity index is 2.15. The van der Waals surface area contributed by atoms with Gasteiger partial charge in [0.05, 0.1) is 5.71 Å². The van der Waals surface area contributed by atoms with E-state index in [-0.39, 0.29) is 17.9 Å². The van der Waals surface area contributed by atoms with Gasteiger partial charge in [0.25, 0.3) is 0 Å². The molecule has 19 heavy (non-hydrogen) atoms. The lowest BCUT2D eigenvalue weighted by Gasteiger charge is -2.40. The van der Waals surface area contributed by atoms with Gasteiger partial charge in [-0.1, -0.05) is 38.1 Å². The van der Waals surface area contributed by atoms with E-state index in [0.29, 0.717) is 0 Å². The second kappa shape index (κ2) is 4.19. The maximum atomic E-state index is 12.1. The summed E-state index contributed by atoms with van der Waals surface area (Å²) in [6.45, 7) is 6.00. The molecule has 2 atom stereocenters. The molecular formula is C16H19NO2. The lowest BCUT2D eigenvalue weighted by Crippen LogP contribution is -2.51. The van der Waals surface area contributed by atoms with Gasteiger partial charge in [-0.3, -0.25) is 4.99 Å². The summed E-state index contributed by atoms with van der Waals surface area (Å²) < 4.78 is 5.74.